The molecule has 21 heavy (non-hydrogen) atoms. The molecular weight excluding hydrogens is 294 g/mol. The maximum absolute atomic E-state index is 11.4. The van der Waals surface area contributed by atoms with Gasteiger partial charge in [-0.25, -0.2) is 9.78 Å². The van der Waals surface area contributed by atoms with Crippen molar-refractivity contribution in [2.45, 2.75) is 13.0 Å². The van der Waals surface area contributed by atoms with Crippen molar-refractivity contribution in [2.24, 2.45) is 0 Å². The lowest BCUT2D eigenvalue weighted by molar-refractivity contribution is -0.384. The first-order chi connectivity index (χ1) is 10.0. The number of rotatable bonds is 5. The van der Waals surface area contributed by atoms with Gasteiger partial charge < -0.3 is 10.1 Å². The Morgan fingerprint density at radius 2 is 2.33 bits per heavy atom. The van der Waals surface area contributed by atoms with Gasteiger partial charge in [-0.15, -0.1) is 11.3 Å². The Labute approximate surface area is 124 Å². The smallest absolute Gasteiger partial charge is 0.339 e. The highest BCUT2D eigenvalue weighted by Gasteiger charge is 2.21. The van der Waals surface area contributed by atoms with Gasteiger partial charge in [0, 0.05) is 17.1 Å². The molecule has 1 unspecified atom stereocenters. The van der Waals surface area contributed by atoms with Crippen LogP contribution < -0.4 is 5.32 Å². The van der Waals surface area contributed by atoms with Gasteiger partial charge in [0.05, 0.1) is 23.6 Å². The molecule has 0 saturated carbocycles. The molecule has 8 heteroatoms. The van der Waals surface area contributed by atoms with Crippen molar-refractivity contribution in [1.82, 2.24) is 4.98 Å². The SMILES string of the molecule is COC(=O)c1cnc(NC(C)c2cccs2)c([N+](=O)[O-])c1. The summed E-state index contributed by atoms with van der Waals surface area (Å²) < 4.78 is 4.53. The van der Waals surface area contributed by atoms with Gasteiger partial charge in [-0.1, -0.05) is 6.07 Å². The zero-order valence-corrected chi connectivity index (χ0v) is 12.2. The van der Waals surface area contributed by atoms with Gasteiger partial charge in [0.1, 0.15) is 0 Å². The van der Waals surface area contributed by atoms with E-state index < -0.39 is 10.9 Å². The third-order valence-electron chi connectivity index (χ3n) is 2.81. The number of anilines is 1. The quantitative estimate of drug-likeness (QED) is 0.518. The third kappa shape index (κ3) is 3.34. The monoisotopic (exact) mass is 307 g/mol. The molecule has 0 fully saturated rings. The summed E-state index contributed by atoms with van der Waals surface area (Å²) in [6.07, 6.45) is 1.25. The fraction of sp³-hybridized carbons (Fsp3) is 0.231. The summed E-state index contributed by atoms with van der Waals surface area (Å²) >= 11 is 1.54. The molecule has 0 aliphatic rings. The van der Waals surface area contributed by atoms with E-state index in [2.05, 4.69) is 15.0 Å². The second-order valence-corrected chi connectivity index (χ2v) is 5.20. The molecule has 7 nitrogen and oxygen atoms in total. The number of esters is 1. The van der Waals surface area contributed by atoms with Crippen LogP contribution in [-0.4, -0.2) is 23.0 Å². The predicted molar refractivity (Wildman–Crippen MR) is 78.6 cm³/mol. The van der Waals surface area contributed by atoms with E-state index >= 15 is 0 Å². The van der Waals surface area contributed by atoms with E-state index in [0.29, 0.717) is 0 Å². The largest absolute Gasteiger partial charge is 0.465 e. The number of aromatic nitrogens is 1. The summed E-state index contributed by atoms with van der Waals surface area (Å²) in [5.74, 6) is -0.544. The summed E-state index contributed by atoms with van der Waals surface area (Å²) in [7, 11) is 1.21. The molecule has 2 aromatic heterocycles. The number of pyridine rings is 1. The molecule has 2 rings (SSSR count). The Hall–Kier alpha value is -2.48. The van der Waals surface area contributed by atoms with E-state index in [-0.39, 0.29) is 23.1 Å². The average Bonchev–Trinajstić information content (AvgIpc) is 3.00. The summed E-state index contributed by atoms with van der Waals surface area (Å²) in [6.45, 7) is 1.88. The van der Waals surface area contributed by atoms with Crippen LogP contribution in [0.5, 0.6) is 0 Å². The van der Waals surface area contributed by atoms with Crippen LogP contribution in [0.3, 0.4) is 0 Å². The minimum absolute atomic E-state index is 0.0403. The molecule has 0 amide bonds. The zero-order valence-electron chi connectivity index (χ0n) is 11.4. The molecule has 0 aromatic carbocycles. The number of thiophene rings is 1. The van der Waals surface area contributed by atoms with E-state index in [1.54, 1.807) is 11.3 Å². The van der Waals surface area contributed by atoms with Crippen LogP contribution in [0.2, 0.25) is 0 Å². The molecule has 0 radical (unpaired) electrons. The normalized spacial score (nSPS) is 11.7. The Balaban J connectivity index is 2.30. The first-order valence-corrected chi connectivity index (χ1v) is 6.93. The predicted octanol–water partition coefficient (Wildman–Crippen LogP) is 3.01. The van der Waals surface area contributed by atoms with Gasteiger partial charge in [-0.3, -0.25) is 10.1 Å². The van der Waals surface area contributed by atoms with Crippen molar-refractivity contribution in [1.29, 1.82) is 0 Å². The molecular formula is C13H13N3O4S. The lowest BCUT2D eigenvalue weighted by atomic mass is 10.2. The van der Waals surface area contributed by atoms with Crippen molar-refractivity contribution in [3.63, 3.8) is 0 Å². The lowest BCUT2D eigenvalue weighted by Gasteiger charge is -2.13. The second kappa shape index (κ2) is 6.31. The molecule has 1 N–H and O–H groups in total. The third-order valence-corrected chi connectivity index (χ3v) is 3.86. The minimum atomic E-state index is -0.663. The number of nitrogens with one attached hydrogen (secondary N) is 1. The second-order valence-electron chi connectivity index (χ2n) is 4.22. The topological polar surface area (TPSA) is 94.4 Å². The molecule has 2 heterocycles. The Bertz CT molecular complexity index is 657. The number of methoxy groups -OCH3 is 1. The first kappa shape index (κ1) is 14.9. The molecule has 0 spiro atoms. The number of ether oxygens (including phenoxy) is 1. The number of hydrogen-bond donors (Lipinski definition) is 1. The standard InChI is InChI=1S/C13H13N3O4S/c1-8(11-4-3-5-21-11)15-12-10(16(18)19)6-9(7-14-12)13(17)20-2/h3-8H,1-2H3,(H,14,15). The van der Waals surface area contributed by atoms with E-state index in [4.69, 9.17) is 0 Å². The minimum Gasteiger partial charge on any atom is -0.465 e. The maximum atomic E-state index is 11.4. The number of carbonyl (C=O) groups is 1. The van der Waals surface area contributed by atoms with Gasteiger partial charge >= 0.3 is 11.7 Å². The Morgan fingerprint density at radius 3 is 2.90 bits per heavy atom. The summed E-state index contributed by atoms with van der Waals surface area (Å²) in [6, 6.07) is 4.86. The summed E-state index contributed by atoms with van der Waals surface area (Å²) in [4.78, 5) is 27.0. The summed E-state index contributed by atoms with van der Waals surface area (Å²) in [5.41, 5.74) is -0.222. The Kier molecular flexibility index (Phi) is 4.49. The van der Waals surface area contributed by atoms with E-state index in [0.717, 1.165) is 10.9 Å². The molecule has 1 atom stereocenters. The van der Waals surface area contributed by atoms with Crippen LogP contribution in [0.1, 0.15) is 28.2 Å². The van der Waals surface area contributed by atoms with Gasteiger partial charge in [-0.2, -0.15) is 0 Å². The van der Waals surface area contributed by atoms with Gasteiger partial charge in [0.15, 0.2) is 0 Å². The molecule has 110 valence electrons. The highest BCUT2D eigenvalue weighted by molar-refractivity contribution is 7.10. The highest BCUT2D eigenvalue weighted by atomic mass is 32.1. The fourth-order valence-electron chi connectivity index (χ4n) is 1.75. The van der Waals surface area contributed by atoms with Gasteiger partial charge in [0.25, 0.3) is 0 Å². The van der Waals surface area contributed by atoms with Crippen LogP contribution in [-0.2, 0) is 4.74 Å². The van der Waals surface area contributed by atoms with Gasteiger partial charge in [0.2, 0.25) is 5.82 Å². The van der Waals surface area contributed by atoms with Crippen LogP contribution >= 0.6 is 11.3 Å². The van der Waals surface area contributed by atoms with Crippen molar-refractivity contribution in [3.8, 4) is 0 Å². The maximum Gasteiger partial charge on any atom is 0.339 e. The number of hydrogen-bond acceptors (Lipinski definition) is 7. The Morgan fingerprint density at radius 1 is 1.57 bits per heavy atom. The zero-order chi connectivity index (χ0) is 15.4. The molecule has 0 aliphatic heterocycles. The van der Waals surface area contributed by atoms with E-state index in [1.807, 2.05) is 24.4 Å². The fourth-order valence-corrected chi connectivity index (χ4v) is 2.48. The molecule has 0 bridgehead atoms. The molecule has 0 saturated heterocycles. The van der Waals surface area contributed by atoms with E-state index in [9.17, 15) is 14.9 Å². The summed E-state index contributed by atoms with van der Waals surface area (Å²) in [5, 5.41) is 16.0. The number of carbonyl (C=O) groups excluding carboxylic acids is 1. The van der Waals surface area contributed by atoms with Crippen molar-refractivity contribution in [2.75, 3.05) is 12.4 Å². The van der Waals surface area contributed by atoms with Crippen molar-refractivity contribution in [3.05, 3.63) is 50.3 Å². The van der Waals surface area contributed by atoms with Crippen LogP contribution in [0.4, 0.5) is 11.5 Å². The number of nitrogens with zero attached hydrogens (tertiary/aromatic N) is 2. The number of nitro groups is 1. The lowest BCUT2D eigenvalue weighted by Crippen LogP contribution is -2.10. The van der Waals surface area contributed by atoms with Crippen LogP contribution in [0.15, 0.2) is 29.8 Å². The first-order valence-electron chi connectivity index (χ1n) is 6.05. The van der Waals surface area contributed by atoms with Crippen molar-refractivity contribution < 1.29 is 14.5 Å². The van der Waals surface area contributed by atoms with Crippen molar-refractivity contribution >= 4 is 28.8 Å². The van der Waals surface area contributed by atoms with Crippen LogP contribution in [0.25, 0.3) is 0 Å². The van der Waals surface area contributed by atoms with E-state index in [1.165, 1.54) is 13.3 Å². The molecule has 0 aliphatic carbocycles. The molecule has 2 aromatic rings. The van der Waals surface area contributed by atoms with Crippen LogP contribution in [0, 0.1) is 10.1 Å². The average molecular weight is 307 g/mol. The van der Waals surface area contributed by atoms with Gasteiger partial charge in [-0.05, 0) is 18.4 Å². The highest BCUT2D eigenvalue weighted by Crippen LogP contribution is 2.28.